The van der Waals surface area contributed by atoms with Crippen molar-refractivity contribution in [3.8, 4) is 17.2 Å². The second-order valence-electron chi connectivity index (χ2n) is 11.0. The maximum absolute atomic E-state index is 12.2. The number of nitriles is 1. The molecule has 2 fully saturated rings. The summed E-state index contributed by atoms with van der Waals surface area (Å²) in [5.41, 5.74) is 2.59. The van der Waals surface area contributed by atoms with Gasteiger partial charge in [-0.1, -0.05) is 30.3 Å². The monoisotopic (exact) mass is 475 g/mol. The predicted octanol–water partition coefficient (Wildman–Crippen LogP) is 4.75. The van der Waals surface area contributed by atoms with Crippen molar-refractivity contribution in [3.05, 3.63) is 54.1 Å². The van der Waals surface area contributed by atoms with Gasteiger partial charge in [-0.2, -0.15) is 5.26 Å². The normalized spacial score (nSPS) is 23.5. The number of hydrogen-bond donors (Lipinski definition) is 1. The Morgan fingerprint density at radius 2 is 1.74 bits per heavy atom. The Balaban J connectivity index is 1.35. The van der Waals surface area contributed by atoms with Gasteiger partial charge in [0, 0.05) is 43.5 Å². The lowest BCUT2D eigenvalue weighted by Gasteiger charge is -2.44. The zero-order valence-electron chi connectivity index (χ0n) is 21.2. The number of ether oxygens (including phenoxy) is 1. The van der Waals surface area contributed by atoms with Crippen LogP contribution in [0.5, 0.6) is 0 Å². The van der Waals surface area contributed by atoms with Gasteiger partial charge in [0.2, 0.25) is 0 Å². The van der Waals surface area contributed by atoms with Crippen molar-refractivity contribution < 1.29 is 14.6 Å². The van der Waals surface area contributed by atoms with Crippen molar-refractivity contribution in [2.24, 2.45) is 0 Å². The molecule has 0 bridgehead atoms. The van der Waals surface area contributed by atoms with Crippen LogP contribution in [0.3, 0.4) is 0 Å². The SMILES string of the molecule is CC(C)(C)OC(=O)CC1(O)CCC(N2CCN(c3ccc(C#N)cc3-c3ccccc3)CC2)CC1. The van der Waals surface area contributed by atoms with E-state index in [0.717, 1.165) is 50.1 Å². The third-order valence-electron chi connectivity index (χ3n) is 7.16. The lowest BCUT2D eigenvalue weighted by molar-refractivity contribution is -0.162. The number of carbonyl (C=O) groups is 1. The highest BCUT2D eigenvalue weighted by Gasteiger charge is 2.38. The Bertz CT molecular complexity index is 1050. The molecule has 1 saturated carbocycles. The standard InChI is InChI=1S/C29H37N3O3/c1-28(2,3)35-27(33)20-29(34)13-11-24(12-14-29)31-15-17-32(18-16-31)26-10-9-22(21-30)19-25(26)23-7-5-4-6-8-23/h4-10,19,24,34H,11-18,20H2,1-3H3. The van der Waals surface area contributed by atoms with Crippen molar-refractivity contribution in [1.82, 2.24) is 4.90 Å². The fourth-order valence-corrected chi connectivity index (χ4v) is 5.39. The molecule has 2 aromatic carbocycles. The first-order valence-electron chi connectivity index (χ1n) is 12.7. The van der Waals surface area contributed by atoms with Crippen LogP contribution in [-0.2, 0) is 9.53 Å². The minimum absolute atomic E-state index is 0.0751. The maximum Gasteiger partial charge on any atom is 0.309 e. The van der Waals surface area contributed by atoms with E-state index < -0.39 is 11.2 Å². The summed E-state index contributed by atoms with van der Waals surface area (Å²) >= 11 is 0. The molecule has 2 aliphatic rings. The Morgan fingerprint density at radius 3 is 2.34 bits per heavy atom. The molecule has 2 aromatic rings. The molecule has 1 saturated heterocycles. The highest BCUT2D eigenvalue weighted by atomic mass is 16.6. The van der Waals surface area contributed by atoms with Crippen LogP contribution in [0.4, 0.5) is 5.69 Å². The van der Waals surface area contributed by atoms with E-state index in [1.807, 2.05) is 51.1 Å². The van der Waals surface area contributed by atoms with E-state index in [2.05, 4.69) is 34.1 Å². The number of carbonyl (C=O) groups excluding carboxylic acids is 1. The summed E-state index contributed by atoms with van der Waals surface area (Å²) in [6.45, 7) is 9.33. The first kappa shape index (κ1) is 25.2. The van der Waals surface area contributed by atoms with Crippen LogP contribution in [0.15, 0.2) is 48.5 Å². The zero-order chi connectivity index (χ0) is 25.1. The third kappa shape index (κ3) is 6.42. The van der Waals surface area contributed by atoms with Gasteiger partial charge in [-0.3, -0.25) is 9.69 Å². The maximum atomic E-state index is 12.2. The molecule has 186 valence electrons. The molecule has 1 aliphatic heterocycles. The first-order chi connectivity index (χ1) is 16.7. The largest absolute Gasteiger partial charge is 0.460 e. The molecule has 1 aliphatic carbocycles. The third-order valence-corrected chi connectivity index (χ3v) is 7.16. The fraction of sp³-hybridized carbons (Fsp3) is 0.517. The van der Waals surface area contributed by atoms with Crippen LogP contribution in [0.1, 0.15) is 58.4 Å². The van der Waals surface area contributed by atoms with Crippen LogP contribution >= 0.6 is 0 Å². The summed E-state index contributed by atoms with van der Waals surface area (Å²) in [5, 5.41) is 20.4. The molecule has 0 amide bonds. The molecular formula is C29H37N3O3. The van der Waals surface area contributed by atoms with Crippen LogP contribution in [0.2, 0.25) is 0 Å². The fourth-order valence-electron chi connectivity index (χ4n) is 5.39. The summed E-state index contributed by atoms with van der Waals surface area (Å²) in [5.74, 6) is -0.316. The summed E-state index contributed by atoms with van der Waals surface area (Å²) in [6.07, 6.45) is 3.12. The predicted molar refractivity (Wildman–Crippen MR) is 138 cm³/mol. The lowest BCUT2D eigenvalue weighted by Crippen LogP contribution is -2.53. The van der Waals surface area contributed by atoms with Crippen molar-refractivity contribution in [1.29, 1.82) is 5.26 Å². The lowest BCUT2D eigenvalue weighted by atomic mass is 9.79. The van der Waals surface area contributed by atoms with Gasteiger partial charge in [-0.05, 0) is 70.2 Å². The highest BCUT2D eigenvalue weighted by Crippen LogP contribution is 2.36. The van der Waals surface area contributed by atoms with E-state index in [-0.39, 0.29) is 12.4 Å². The molecule has 0 aromatic heterocycles. The minimum atomic E-state index is -0.951. The molecule has 0 radical (unpaired) electrons. The Morgan fingerprint density at radius 1 is 1.09 bits per heavy atom. The van der Waals surface area contributed by atoms with Gasteiger partial charge in [0.05, 0.1) is 23.7 Å². The van der Waals surface area contributed by atoms with Crippen molar-refractivity contribution in [2.45, 2.75) is 70.1 Å². The number of hydrogen-bond acceptors (Lipinski definition) is 6. The summed E-state index contributed by atoms with van der Waals surface area (Å²) in [4.78, 5) is 17.2. The van der Waals surface area contributed by atoms with Crippen LogP contribution in [0.25, 0.3) is 11.1 Å². The number of nitrogens with zero attached hydrogens (tertiary/aromatic N) is 3. The molecule has 6 nitrogen and oxygen atoms in total. The van der Waals surface area contributed by atoms with Gasteiger partial charge in [-0.15, -0.1) is 0 Å². The number of anilines is 1. The number of rotatable bonds is 5. The molecule has 0 spiro atoms. The highest BCUT2D eigenvalue weighted by molar-refractivity contribution is 5.80. The van der Waals surface area contributed by atoms with Gasteiger partial charge in [0.25, 0.3) is 0 Å². The van der Waals surface area contributed by atoms with Crippen molar-refractivity contribution in [3.63, 3.8) is 0 Å². The van der Waals surface area contributed by atoms with E-state index >= 15 is 0 Å². The van der Waals surface area contributed by atoms with Gasteiger partial charge in [0.15, 0.2) is 0 Å². The van der Waals surface area contributed by atoms with E-state index in [0.29, 0.717) is 24.4 Å². The van der Waals surface area contributed by atoms with Gasteiger partial charge in [-0.25, -0.2) is 0 Å². The second-order valence-corrected chi connectivity index (χ2v) is 11.0. The quantitative estimate of drug-likeness (QED) is 0.629. The van der Waals surface area contributed by atoms with E-state index in [1.54, 1.807) is 0 Å². The molecule has 6 heteroatoms. The second kappa shape index (κ2) is 10.4. The number of esters is 1. The molecule has 35 heavy (non-hydrogen) atoms. The minimum Gasteiger partial charge on any atom is -0.460 e. The Kier molecular flexibility index (Phi) is 7.49. The topological polar surface area (TPSA) is 76.8 Å². The average molecular weight is 476 g/mol. The average Bonchev–Trinajstić information content (AvgIpc) is 2.83. The summed E-state index contributed by atoms with van der Waals surface area (Å²) in [7, 11) is 0. The zero-order valence-corrected chi connectivity index (χ0v) is 21.2. The van der Waals surface area contributed by atoms with Crippen LogP contribution < -0.4 is 4.90 Å². The molecule has 4 rings (SSSR count). The number of benzene rings is 2. The molecule has 0 atom stereocenters. The molecule has 1 N–H and O–H groups in total. The summed E-state index contributed by atoms with van der Waals surface area (Å²) < 4.78 is 5.43. The van der Waals surface area contributed by atoms with Crippen LogP contribution in [0, 0.1) is 11.3 Å². The number of aliphatic hydroxyl groups is 1. The van der Waals surface area contributed by atoms with E-state index in [1.165, 1.54) is 5.69 Å². The van der Waals surface area contributed by atoms with Crippen molar-refractivity contribution >= 4 is 11.7 Å². The van der Waals surface area contributed by atoms with Crippen molar-refractivity contribution in [2.75, 3.05) is 31.1 Å². The Hall–Kier alpha value is -2.88. The van der Waals surface area contributed by atoms with Crippen LogP contribution in [-0.4, -0.2) is 59.4 Å². The van der Waals surface area contributed by atoms with Gasteiger partial charge < -0.3 is 14.7 Å². The molecule has 1 heterocycles. The van der Waals surface area contributed by atoms with E-state index in [4.69, 9.17) is 4.74 Å². The van der Waals surface area contributed by atoms with E-state index in [9.17, 15) is 15.2 Å². The smallest absolute Gasteiger partial charge is 0.309 e. The Labute approximate surface area is 209 Å². The van der Waals surface area contributed by atoms with Gasteiger partial charge in [0.1, 0.15) is 5.60 Å². The summed E-state index contributed by atoms with van der Waals surface area (Å²) in [6, 6.07) is 18.9. The first-order valence-corrected chi connectivity index (χ1v) is 12.7. The molecule has 0 unspecified atom stereocenters. The molecular weight excluding hydrogens is 438 g/mol. The number of piperazine rings is 1. The van der Waals surface area contributed by atoms with Gasteiger partial charge >= 0.3 is 5.97 Å².